The van der Waals surface area contributed by atoms with E-state index in [1.807, 2.05) is 24.6 Å². The highest BCUT2D eigenvalue weighted by molar-refractivity contribution is 6.27. The first-order chi connectivity index (χ1) is 12.2. The van der Waals surface area contributed by atoms with Gasteiger partial charge in [-0.25, -0.2) is 0 Å². The number of ether oxygens (including phenoxy) is 1. The van der Waals surface area contributed by atoms with Crippen molar-refractivity contribution in [3.63, 3.8) is 0 Å². The summed E-state index contributed by atoms with van der Waals surface area (Å²) in [6.45, 7) is 11.9. The number of aromatic nitrogens is 2. The highest BCUT2D eigenvalue weighted by Gasteiger charge is 2.15. The Morgan fingerprint density at radius 1 is 1.44 bits per heavy atom. The van der Waals surface area contributed by atoms with E-state index in [1.165, 1.54) is 18.7 Å². The molecule has 0 saturated carbocycles. The smallest absolute Gasteiger partial charge is 0.203 e. The zero-order chi connectivity index (χ0) is 18.9. The van der Waals surface area contributed by atoms with Crippen LogP contribution in [-0.4, -0.2) is 34.7 Å². The maximum atomic E-state index is 10.0. The lowest BCUT2D eigenvalue weighted by atomic mass is 10.3. The zero-order valence-corrected chi connectivity index (χ0v) is 15.2. The van der Waals surface area contributed by atoms with Gasteiger partial charge in [-0.2, -0.15) is 4.57 Å². The van der Waals surface area contributed by atoms with Crippen LogP contribution in [0.5, 0.6) is 0 Å². The topological polar surface area (TPSA) is 84.2 Å². The Kier molecular flexibility index (Phi) is 13.4. The van der Waals surface area contributed by atoms with Gasteiger partial charge in [-0.05, 0) is 0 Å². The van der Waals surface area contributed by atoms with E-state index in [1.54, 1.807) is 24.5 Å². The van der Waals surface area contributed by atoms with Crippen LogP contribution >= 0.6 is 0 Å². The Balaban J connectivity index is 0.00000277. The molecule has 1 atom stereocenters. The standard InChI is InChI=1S/C17H23N4O2.C2H6/c1-3-5-15(18)11-20-8-10-23-14-17(22)13-21-9-7-19-12-16(21)6-4-2;1-2/h3-4,7-12,17-18,22H,1-2,5-6,13-14H2;1-2H3/q+1;/p+1/b10-8-,18-15?,20-11?;. The van der Waals surface area contributed by atoms with Crippen LogP contribution in [0.2, 0.25) is 0 Å². The molecule has 0 radical (unpaired) electrons. The molecule has 0 saturated heterocycles. The molecule has 0 aliphatic heterocycles. The number of nitrogens with zero attached hydrogens (tertiary/aromatic N) is 3. The summed E-state index contributed by atoms with van der Waals surface area (Å²) in [6, 6.07) is 0. The average Bonchev–Trinajstić information content (AvgIpc) is 2.62. The van der Waals surface area contributed by atoms with E-state index >= 15 is 0 Å². The van der Waals surface area contributed by atoms with Gasteiger partial charge in [0.25, 0.3) is 0 Å². The van der Waals surface area contributed by atoms with Crippen LogP contribution in [-0.2, 0) is 17.7 Å². The molecule has 0 aliphatic carbocycles. The third-order valence-corrected chi connectivity index (χ3v) is 2.84. The minimum Gasteiger partial charge on any atom is -0.497 e. The summed E-state index contributed by atoms with van der Waals surface area (Å²) in [5.74, 6) is 0. The summed E-state index contributed by atoms with van der Waals surface area (Å²) >= 11 is 0. The number of hydrogen-bond donors (Lipinski definition) is 2. The fourth-order valence-electron chi connectivity index (χ4n) is 1.80. The fraction of sp³-hybridized carbons (Fsp3) is 0.368. The largest absolute Gasteiger partial charge is 0.497 e. The first-order valence-electron chi connectivity index (χ1n) is 8.30. The Morgan fingerprint density at radius 2 is 2.20 bits per heavy atom. The lowest BCUT2D eigenvalue weighted by molar-refractivity contribution is -0.710. The van der Waals surface area contributed by atoms with Crippen molar-refractivity contribution in [2.75, 3.05) is 6.61 Å². The Labute approximate surface area is 150 Å². The number of aliphatic hydroxyl groups excluding tert-OH is 1. The lowest BCUT2D eigenvalue weighted by Crippen LogP contribution is -2.44. The molecule has 6 nitrogen and oxygen atoms in total. The van der Waals surface area contributed by atoms with Crippen LogP contribution in [0.1, 0.15) is 26.0 Å². The third kappa shape index (κ3) is 10.7. The molecule has 0 aliphatic rings. The third-order valence-electron chi connectivity index (χ3n) is 2.84. The molecule has 0 amide bonds. The van der Waals surface area contributed by atoms with Gasteiger partial charge in [0.15, 0.2) is 18.5 Å². The lowest BCUT2D eigenvalue weighted by Gasteiger charge is -2.08. The summed E-state index contributed by atoms with van der Waals surface area (Å²) in [7, 11) is 0. The van der Waals surface area contributed by atoms with Crippen molar-refractivity contribution in [1.29, 1.82) is 0 Å². The van der Waals surface area contributed by atoms with Crippen LogP contribution in [0.15, 0.2) is 61.4 Å². The number of aliphatic hydroxyl groups is 1. The van der Waals surface area contributed by atoms with E-state index in [2.05, 4.69) is 23.1 Å². The maximum Gasteiger partial charge on any atom is 0.203 e. The van der Waals surface area contributed by atoms with Crippen LogP contribution < -0.4 is 9.98 Å². The molecule has 0 fully saturated rings. The second-order valence-corrected chi connectivity index (χ2v) is 4.83. The average molecular weight is 346 g/mol. The Hall–Kier alpha value is -2.60. The molecule has 1 aromatic rings. The van der Waals surface area contributed by atoms with Gasteiger partial charge < -0.3 is 9.84 Å². The van der Waals surface area contributed by atoms with Gasteiger partial charge in [0.2, 0.25) is 5.69 Å². The van der Waals surface area contributed by atoms with Crippen LogP contribution in [0, 0.1) is 0 Å². The molecular weight excluding hydrogens is 316 g/mol. The van der Waals surface area contributed by atoms with E-state index in [9.17, 15) is 5.11 Å². The van der Waals surface area contributed by atoms with Gasteiger partial charge in [0.05, 0.1) is 37.6 Å². The fourth-order valence-corrected chi connectivity index (χ4v) is 1.80. The number of allylic oxidation sites excluding steroid dienone is 2. The van der Waals surface area contributed by atoms with Crippen LogP contribution in [0.3, 0.4) is 0 Å². The second kappa shape index (κ2) is 15.0. The summed E-state index contributed by atoms with van der Waals surface area (Å²) in [5, 5.41) is 15.6. The van der Waals surface area contributed by atoms with Crippen molar-refractivity contribution >= 4 is 11.9 Å². The predicted octanol–water partition coefficient (Wildman–Crippen LogP) is 0.820. The van der Waals surface area contributed by atoms with E-state index in [0.717, 1.165) is 5.69 Å². The monoisotopic (exact) mass is 346 g/mol. The van der Waals surface area contributed by atoms with Gasteiger partial charge in [-0.1, -0.05) is 26.0 Å². The van der Waals surface area contributed by atoms with Gasteiger partial charge in [-0.3, -0.25) is 15.4 Å². The highest BCUT2D eigenvalue weighted by atomic mass is 16.5. The SMILES string of the molecule is C=CCC(=[NH2+])C=N/C=C\OCC(O)C[n+]1ccncc1CC=C.CC. The summed E-state index contributed by atoms with van der Waals surface area (Å²) in [6.07, 6.45) is 13.8. The van der Waals surface area contributed by atoms with Crippen LogP contribution in [0.4, 0.5) is 0 Å². The number of nitrogens with two attached hydrogens (primary N) is 1. The van der Waals surface area contributed by atoms with Crippen molar-refractivity contribution in [3.8, 4) is 0 Å². The van der Waals surface area contributed by atoms with E-state index in [4.69, 9.17) is 10.1 Å². The van der Waals surface area contributed by atoms with Gasteiger partial charge in [0.1, 0.15) is 19.0 Å². The quantitative estimate of drug-likeness (QED) is 0.269. The van der Waals surface area contributed by atoms with Crippen molar-refractivity contribution in [2.45, 2.75) is 39.3 Å². The van der Waals surface area contributed by atoms with E-state index in [0.29, 0.717) is 25.1 Å². The molecule has 0 spiro atoms. The zero-order valence-electron chi connectivity index (χ0n) is 15.2. The normalized spacial score (nSPS) is 11.6. The highest BCUT2D eigenvalue weighted by Crippen LogP contribution is 1.94. The minimum absolute atomic E-state index is 0.167. The summed E-state index contributed by atoms with van der Waals surface area (Å²) in [5.41, 5.74) is 1.60. The molecule has 0 bridgehead atoms. The first-order valence-corrected chi connectivity index (χ1v) is 8.30. The van der Waals surface area contributed by atoms with E-state index in [-0.39, 0.29) is 6.61 Å². The van der Waals surface area contributed by atoms with Gasteiger partial charge in [0, 0.05) is 0 Å². The van der Waals surface area contributed by atoms with Crippen molar-refractivity contribution in [2.24, 2.45) is 4.99 Å². The molecule has 1 heterocycles. The number of rotatable bonds is 11. The number of hydrogen-bond acceptors (Lipinski definition) is 4. The Bertz CT molecular complexity index is 583. The first kappa shape index (κ1) is 22.4. The van der Waals surface area contributed by atoms with Gasteiger partial charge >= 0.3 is 0 Å². The minimum atomic E-state index is -0.642. The van der Waals surface area contributed by atoms with E-state index < -0.39 is 6.10 Å². The van der Waals surface area contributed by atoms with Crippen molar-refractivity contribution in [1.82, 2.24) is 4.98 Å². The molecule has 136 valence electrons. The van der Waals surface area contributed by atoms with Crippen molar-refractivity contribution < 1.29 is 19.8 Å². The molecule has 0 aromatic carbocycles. The van der Waals surface area contributed by atoms with Crippen LogP contribution in [0.25, 0.3) is 0 Å². The molecule has 1 unspecified atom stereocenters. The predicted molar refractivity (Wildman–Crippen MR) is 101 cm³/mol. The summed E-state index contributed by atoms with van der Waals surface area (Å²) in [4.78, 5) is 8.03. The summed E-state index contributed by atoms with van der Waals surface area (Å²) < 4.78 is 7.17. The molecule has 6 heteroatoms. The van der Waals surface area contributed by atoms with Crippen molar-refractivity contribution in [3.05, 3.63) is 62.1 Å². The molecule has 25 heavy (non-hydrogen) atoms. The molecule has 3 N–H and O–H groups in total. The number of aliphatic imine (C=N–C) groups is 1. The maximum absolute atomic E-state index is 10.0. The molecular formula is C19H30N4O2+2. The second-order valence-electron chi connectivity index (χ2n) is 4.83. The molecule has 1 rings (SSSR count). The molecule has 1 aromatic heterocycles. The van der Waals surface area contributed by atoms with Gasteiger partial charge in [-0.15, -0.1) is 13.2 Å². The Morgan fingerprint density at radius 3 is 2.88 bits per heavy atom.